The summed E-state index contributed by atoms with van der Waals surface area (Å²) in [5, 5.41) is 0. The van der Waals surface area contributed by atoms with E-state index >= 15 is 0 Å². The lowest BCUT2D eigenvalue weighted by molar-refractivity contribution is -0.455. The predicted molar refractivity (Wildman–Crippen MR) is 67.1 cm³/mol. The number of fused-ring (bicyclic) bond motifs is 1. The molecule has 2 atom stereocenters. The zero-order chi connectivity index (χ0) is 14.6. The van der Waals surface area contributed by atoms with Crippen molar-refractivity contribution in [1.82, 2.24) is 0 Å². The molecule has 0 saturated carbocycles. The van der Waals surface area contributed by atoms with Gasteiger partial charge in [0.05, 0.1) is 12.0 Å². The Balaban J connectivity index is 1.85. The fourth-order valence-corrected chi connectivity index (χ4v) is 3.93. The Morgan fingerprint density at radius 2 is 1.70 bits per heavy atom. The van der Waals surface area contributed by atoms with E-state index in [1.807, 2.05) is 20.8 Å². The lowest BCUT2D eigenvalue weighted by Crippen LogP contribution is -2.70. The predicted octanol–water partition coefficient (Wildman–Crippen LogP) is 2.27. The van der Waals surface area contributed by atoms with Crippen molar-refractivity contribution in [3.63, 3.8) is 0 Å². The first-order valence-electron chi connectivity index (χ1n) is 7.21. The van der Waals surface area contributed by atoms with Crippen LogP contribution in [-0.2, 0) is 28.8 Å². The van der Waals surface area contributed by atoms with Crippen LogP contribution in [-0.4, -0.2) is 29.9 Å². The summed E-state index contributed by atoms with van der Waals surface area (Å²) >= 11 is 0. The van der Waals surface area contributed by atoms with Crippen molar-refractivity contribution in [3.8, 4) is 0 Å². The minimum atomic E-state index is -0.889. The lowest BCUT2D eigenvalue weighted by atomic mass is 9.63. The molecule has 0 aromatic carbocycles. The van der Waals surface area contributed by atoms with E-state index in [2.05, 4.69) is 0 Å². The molecule has 4 heterocycles. The lowest BCUT2D eigenvalue weighted by Gasteiger charge is -2.60. The molecule has 0 amide bonds. The van der Waals surface area contributed by atoms with Gasteiger partial charge in [-0.2, -0.15) is 9.78 Å². The van der Waals surface area contributed by atoms with Crippen LogP contribution in [0.2, 0.25) is 0 Å². The van der Waals surface area contributed by atoms with Gasteiger partial charge in [0, 0.05) is 12.8 Å². The summed E-state index contributed by atoms with van der Waals surface area (Å²) in [6.45, 7) is 7.81. The first-order chi connectivity index (χ1) is 9.28. The Labute approximate surface area is 118 Å². The third-order valence-electron chi connectivity index (χ3n) is 4.99. The molecule has 6 heteroatoms. The highest BCUT2D eigenvalue weighted by atomic mass is 17.3. The number of carbonyl (C=O) groups is 1. The van der Waals surface area contributed by atoms with Crippen molar-refractivity contribution in [2.24, 2.45) is 5.41 Å². The third-order valence-corrected chi connectivity index (χ3v) is 4.99. The van der Waals surface area contributed by atoms with Crippen LogP contribution in [0.1, 0.15) is 53.4 Å². The first kappa shape index (κ1) is 14.3. The van der Waals surface area contributed by atoms with E-state index in [1.165, 1.54) is 0 Å². The van der Waals surface area contributed by atoms with Crippen LogP contribution in [0.4, 0.5) is 0 Å². The fourth-order valence-electron chi connectivity index (χ4n) is 3.93. The summed E-state index contributed by atoms with van der Waals surface area (Å²) < 4.78 is 17.0. The van der Waals surface area contributed by atoms with E-state index in [9.17, 15) is 4.79 Å². The molecular weight excluding hydrogens is 264 g/mol. The van der Waals surface area contributed by atoms with Crippen LogP contribution in [0.15, 0.2) is 0 Å². The number of hydrogen-bond donors (Lipinski definition) is 0. The molecule has 0 aromatic heterocycles. The van der Waals surface area contributed by atoms with Crippen molar-refractivity contribution in [2.45, 2.75) is 70.7 Å². The maximum absolute atomic E-state index is 11.7. The molecule has 4 bridgehead atoms. The average molecular weight is 286 g/mol. The van der Waals surface area contributed by atoms with Crippen LogP contribution in [0.25, 0.3) is 0 Å². The highest BCUT2D eigenvalue weighted by molar-refractivity contribution is 5.69. The molecular formula is C14H22O6. The van der Waals surface area contributed by atoms with Gasteiger partial charge < -0.3 is 14.2 Å². The molecule has 0 spiro atoms. The molecule has 0 radical (unpaired) electrons. The quantitative estimate of drug-likeness (QED) is 0.583. The molecule has 4 rings (SSSR count). The SMILES string of the molecule is CCOC(=O)CCC12CCC3(C)O[C@]1(C)OO[C@@]2(C)O3. The van der Waals surface area contributed by atoms with E-state index in [0.29, 0.717) is 19.4 Å². The van der Waals surface area contributed by atoms with Gasteiger partial charge in [0.15, 0.2) is 5.79 Å². The Morgan fingerprint density at radius 1 is 1.10 bits per heavy atom. The largest absolute Gasteiger partial charge is 0.466 e. The second-order valence-corrected chi connectivity index (χ2v) is 6.28. The summed E-state index contributed by atoms with van der Waals surface area (Å²) in [7, 11) is 0. The number of carbonyl (C=O) groups excluding carboxylic acids is 1. The minimum absolute atomic E-state index is 0.215. The maximum Gasteiger partial charge on any atom is 0.305 e. The molecule has 6 nitrogen and oxygen atoms in total. The molecule has 4 aliphatic rings. The highest BCUT2D eigenvalue weighted by Crippen LogP contribution is 2.68. The van der Waals surface area contributed by atoms with Gasteiger partial charge in [0.25, 0.3) is 0 Å². The van der Waals surface area contributed by atoms with Crippen LogP contribution < -0.4 is 0 Å². The monoisotopic (exact) mass is 286 g/mol. The van der Waals surface area contributed by atoms with Crippen molar-refractivity contribution < 1.29 is 28.8 Å². The zero-order valence-corrected chi connectivity index (χ0v) is 12.5. The van der Waals surface area contributed by atoms with Gasteiger partial charge in [-0.3, -0.25) is 4.79 Å². The molecule has 0 N–H and O–H groups in total. The van der Waals surface area contributed by atoms with Gasteiger partial charge >= 0.3 is 5.97 Å². The first-order valence-corrected chi connectivity index (χ1v) is 7.21. The Kier molecular flexibility index (Phi) is 2.97. The number of rotatable bonds is 4. The van der Waals surface area contributed by atoms with Crippen LogP contribution in [0.5, 0.6) is 0 Å². The smallest absolute Gasteiger partial charge is 0.305 e. The van der Waals surface area contributed by atoms with Gasteiger partial charge in [0.1, 0.15) is 0 Å². The van der Waals surface area contributed by atoms with Crippen molar-refractivity contribution in [2.75, 3.05) is 6.61 Å². The Hall–Kier alpha value is -0.690. The highest BCUT2D eigenvalue weighted by Gasteiger charge is 2.78. The normalized spacial score (nSPS) is 49.4. The number of hydrogen-bond acceptors (Lipinski definition) is 6. The summed E-state index contributed by atoms with van der Waals surface area (Å²) in [5.41, 5.74) is -0.496. The van der Waals surface area contributed by atoms with Crippen molar-refractivity contribution in [1.29, 1.82) is 0 Å². The molecule has 20 heavy (non-hydrogen) atoms. The van der Waals surface area contributed by atoms with Gasteiger partial charge in [0.2, 0.25) is 11.6 Å². The van der Waals surface area contributed by atoms with Gasteiger partial charge in [-0.05, 0) is 40.5 Å². The van der Waals surface area contributed by atoms with E-state index in [-0.39, 0.29) is 5.97 Å². The van der Waals surface area contributed by atoms with Crippen LogP contribution in [0, 0.1) is 5.41 Å². The molecule has 4 saturated heterocycles. The zero-order valence-electron chi connectivity index (χ0n) is 12.5. The molecule has 4 aliphatic heterocycles. The minimum Gasteiger partial charge on any atom is -0.466 e. The summed E-state index contributed by atoms with van der Waals surface area (Å²) in [6.07, 6.45) is 2.44. The van der Waals surface area contributed by atoms with E-state index in [1.54, 1.807) is 6.92 Å². The molecule has 0 aliphatic carbocycles. The van der Waals surface area contributed by atoms with E-state index < -0.39 is 22.8 Å². The standard InChI is InChI=1S/C14H22O6/c1-5-16-10(15)6-7-14-9-8-11(2)17-12(14,3)19-20-13(14,4)18-11/h5-9H2,1-4H3/t11?,12-,13-,14?/m1/s1. The summed E-state index contributed by atoms with van der Waals surface area (Å²) in [6, 6.07) is 0. The molecule has 0 unspecified atom stereocenters. The molecule has 4 fully saturated rings. The van der Waals surface area contributed by atoms with E-state index in [4.69, 9.17) is 24.0 Å². The van der Waals surface area contributed by atoms with Gasteiger partial charge in [-0.1, -0.05) is 0 Å². The van der Waals surface area contributed by atoms with Crippen molar-refractivity contribution >= 4 is 5.97 Å². The maximum atomic E-state index is 11.7. The average Bonchev–Trinajstić information content (AvgIpc) is 2.49. The van der Waals surface area contributed by atoms with Crippen LogP contribution >= 0.6 is 0 Å². The summed E-state index contributed by atoms with van der Waals surface area (Å²) in [4.78, 5) is 22.6. The summed E-state index contributed by atoms with van der Waals surface area (Å²) in [5.74, 6) is -2.68. The number of esters is 1. The fraction of sp³-hybridized carbons (Fsp3) is 0.929. The van der Waals surface area contributed by atoms with E-state index in [0.717, 1.165) is 12.8 Å². The Morgan fingerprint density at radius 3 is 2.25 bits per heavy atom. The van der Waals surface area contributed by atoms with Crippen molar-refractivity contribution in [3.05, 3.63) is 0 Å². The third kappa shape index (κ3) is 1.68. The van der Waals surface area contributed by atoms with Gasteiger partial charge in [-0.15, -0.1) is 0 Å². The van der Waals surface area contributed by atoms with Crippen LogP contribution in [0.3, 0.4) is 0 Å². The van der Waals surface area contributed by atoms with Gasteiger partial charge in [-0.25, -0.2) is 0 Å². The topological polar surface area (TPSA) is 63.2 Å². The molecule has 0 aromatic rings. The second kappa shape index (κ2) is 4.16. The molecule has 114 valence electrons. The number of ether oxygens (including phenoxy) is 3. The second-order valence-electron chi connectivity index (χ2n) is 6.28. The Bertz CT molecular complexity index is 415.